The predicted molar refractivity (Wildman–Crippen MR) is 85.9 cm³/mol. The number of hydrogen-bond acceptors (Lipinski definition) is 1. The third-order valence-electron chi connectivity index (χ3n) is 3.35. The molecule has 2 atom stereocenters. The van der Waals surface area contributed by atoms with Gasteiger partial charge in [0.1, 0.15) is 0 Å². The van der Waals surface area contributed by atoms with Gasteiger partial charge in [0.25, 0.3) is 0 Å². The topological polar surface area (TPSA) is 48.8 Å². The average Bonchev–Trinajstić information content (AvgIpc) is 2.56. The van der Waals surface area contributed by atoms with Gasteiger partial charge in [0.2, 0.25) is 0 Å². The molecule has 0 unspecified atom stereocenters. The summed E-state index contributed by atoms with van der Waals surface area (Å²) in [7, 11) is 0. The largest absolute Gasteiger partial charge is 0.0859 e. The number of nitrogens with zero attached hydrogens (tertiary/aromatic N) is 3. The molecule has 0 heterocycles. The molecule has 2 aromatic rings. The lowest BCUT2D eigenvalue weighted by Crippen LogP contribution is -2.14. The smallest absolute Gasteiger partial charge is 0.0628 e. The highest BCUT2D eigenvalue weighted by Crippen LogP contribution is 2.43. The van der Waals surface area contributed by atoms with E-state index in [-0.39, 0.29) is 17.0 Å². The van der Waals surface area contributed by atoms with Crippen molar-refractivity contribution in [3.05, 3.63) is 79.6 Å². The van der Waals surface area contributed by atoms with Crippen molar-refractivity contribution in [1.82, 2.24) is 0 Å². The maximum atomic E-state index is 9.02. The van der Waals surface area contributed by atoms with Gasteiger partial charge < -0.3 is 0 Å². The molecule has 0 aliphatic heterocycles. The molecule has 0 spiro atoms. The van der Waals surface area contributed by atoms with E-state index >= 15 is 0 Å². The molecule has 2 aromatic carbocycles. The minimum absolute atomic E-state index is 0.171. The van der Waals surface area contributed by atoms with Crippen LogP contribution in [0.25, 0.3) is 10.4 Å². The number of benzene rings is 2. The Hall–Kier alpha value is -1.67. The Morgan fingerprint density at radius 1 is 1.19 bits per heavy atom. The standard InChI is InChI=1S/C16H13Cl2N3/c17-14-7-5-10(9-15(14)18)11-6-8-16(20-21-19)13-4-2-1-3-12(11)13/h1-5,7,9,11,16H,6,8H2/t11-,16-/m1/s1/i8D2,11D,16D. The molecule has 1 aliphatic carbocycles. The normalized spacial score (nSPS) is 32.7. The molecule has 0 N–H and O–H groups in total. The van der Waals surface area contributed by atoms with E-state index in [1.165, 1.54) is 12.1 Å². The summed E-state index contributed by atoms with van der Waals surface area (Å²) in [6, 6.07) is 9.07. The predicted octanol–water partition coefficient (Wildman–Crippen LogP) is 6.27. The Labute approximate surface area is 138 Å². The van der Waals surface area contributed by atoms with Crippen molar-refractivity contribution < 1.29 is 5.48 Å². The molecule has 0 bridgehead atoms. The van der Waals surface area contributed by atoms with Crippen molar-refractivity contribution in [2.24, 2.45) is 5.11 Å². The third kappa shape index (κ3) is 2.73. The quantitative estimate of drug-likeness (QED) is 0.355. The van der Waals surface area contributed by atoms with E-state index in [1.54, 1.807) is 30.3 Å². The van der Waals surface area contributed by atoms with E-state index in [4.69, 9.17) is 34.2 Å². The van der Waals surface area contributed by atoms with E-state index < -0.39 is 18.3 Å². The van der Waals surface area contributed by atoms with Crippen LogP contribution in [0.3, 0.4) is 0 Å². The molecule has 21 heavy (non-hydrogen) atoms. The second-order valence-corrected chi connectivity index (χ2v) is 5.36. The SMILES string of the molecule is [2H]C1([2H])C[C@]([2H])(c2ccc(Cl)c(Cl)c2)c2ccccc2[C@]1([2H])N=[N+]=[N-]. The Morgan fingerprint density at radius 2 is 1.95 bits per heavy atom. The second-order valence-electron chi connectivity index (χ2n) is 4.54. The summed E-state index contributed by atoms with van der Waals surface area (Å²) in [6.07, 6.45) is -2.63. The van der Waals surface area contributed by atoms with Crippen LogP contribution >= 0.6 is 23.2 Å². The number of hydrogen-bond donors (Lipinski definition) is 0. The van der Waals surface area contributed by atoms with Gasteiger partial charge in [-0.1, -0.05) is 58.6 Å². The average molecular weight is 322 g/mol. The van der Waals surface area contributed by atoms with Crippen LogP contribution in [0.15, 0.2) is 47.6 Å². The summed E-state index contributed by atoms with van der Waals surface area (Å²) in [5.41, 5.74) is 9.89. The highest BCUT2D eigenvalue weighted by atomic mass is 35.5. The molecule has 106 valence electrons. The van der Waals surface area contributed by atoms with Crippen molar-refractivity contribution in [3.63, 3.8) is 0 Å². The van der Waals surface area contributed by atoms with Crippen LogP contribution < -0.4 is 0 Å². The lowest BCUT2D eigenvalue weighted by molar-refractivity contribution is 0.528. The van der Waals surface area contributed by atoms with Crippen LogP contribution in [0.5, 0.6) is 0 Å². The van der Waals surface area contributed by atoms with Crippen molar-refractivity contribution in [2.75, 3.05) is 0 Å². The highest BCUT2D eigenvalue weighted by molar-refractivity contribution is 6.42. The fraction of sp³-hybridized carbons (Fsp3) is 0.250. The maximum Gasteiger partial charge on any atom is 0.0628 e. The molecule has 1 aliphatic rings. The summed E-state index contributed by atoms with van der Waals surface area (Å²) in [4.78, 5) is 2.67. The van der Waals surface area contributed by atoms with Crippen LogP contribution in [0.4, 0.5) is 0 Å². The van der Waals surface area contributed by atoms with Gasteiger partial charge in [0.05, 0.1) is 16.1 Å². The van der Waals surface area contributed by atoms with Crippen molar-refractivity contribution in [3.8, 4) is 0 Å². The molecule has 0 saturated heterocycles. The van der Waals surface area contributed by atoms with Crippen LogP contribution in [0, 0.1) is 0 Å². The van der Waals surface area contributed by atoms with Gasteiger partial charge in [-0.2, -0.15) is 0 Å². The van der Waals surface area contributed by atoms with E-state index in [2.05, 4.69) is 10.0 Å². The van der Waals surface area contributed by atoms with Gasteiger partial charge in [-0.05, 0) is 47.1 Å². The molecular weight excluding hydrogens is 305 g/mol. The van der Waals surface area contributed by atoms with E-state index in [1.807, 2.05) is 0 Å². The van der Waals surface area contributed by atoms with E-state index in [0.717, 1.165) is 0 Å². The van der Waals surface area contributed by atoms with Crippen LogP contribution in [-0.2, 0) is 0 Å². The Kier molecular flexibility index (Phi) is 2.88. The molecule has 0 amide bonds. The Bertz CT molecular complexity index is 901. The molecule has 0 saturated carbocycles. The summed E-state index contributed by atoms with van der Waals surface area (Å²) < 4.78 is 34.2. The summed E-state index contributed by atoms with van der Waals surface area (Å²) in [5.74, 6) is -1.50. The molecule has 5 heteroatoms. The minimum Gasteiger partial charge on any atom is -0.0859 e. The lowest BCUT2D eigenvalue weighted by atomic mass is 9.77. The van der Waals surface area contributed by atoms with Gasteiger partial charge in [-0.3, -0.25) is 0 Å². The number of halogens is 2. The highest BCUT2D eigenvalue weighted by Gasteiger charge is 2.27. The summed E-state index contributed by atoms with van der Waals surface area (Å²) in [6.45, 7) is 0. The minimum atomic E-state index is -2.26. The van der Waals surface area contributed by atoms with Gasteiger partial charge in [0.15, 0.2) is 0 Å². The number of azide groups is 1. The first kappa shape index (κ1) is 10.1. The van der Waals surface area contributed by atoms with Crippen molar-refractivity contribution in [2.45, 2.75) is 24.7 Å². The van der Waals surface area contributed by atoms with Crippen LogP contribution in [-0.4, -0.2) is 0 Å². The molecule has 0 aromatic heterocycles. The van der Waals surface area contributed by atoms with Gasteiger partial charge in [-0.25, -0.2) is 0 Å². The molecular formula is C16H13Cl2N3. The zero-order valence-corrected chi connectivity index (χ0v) is 12.4. The number of rotatable bonds is 2. The van der Waals surface area contributed by atoms with E-state index in [9.17, 15) is 0 Å². The van der Waals surface area contributed by atoms with Crippen LogP contribution in [0.1, 0.15) is 46.9 Å². The third-order valence-corrected chi connectivity index (χ3v) is 4.09. The first-order valence-corrected chi connectivity index (χ1v) is 7.03. The second kappa shape index (κ2) is 5.98. The van der Waals surface area contributed by atoms with Crippen molar-refractivity contribution >= 4 is 23.2 Å². The lowest BCUT2D eigenvalue weighted by Gasteiger charge is -2.29. The molecule has 3 nitrogen and oxygen atoms in total. The van der Waals surface area contributed by atoms with E-state index in [0.29, 0.717) is 16.1 Å². The van der Waals surface area contributed by atoms with Gasteiger partial charge in [0, 0.05) is 16.3 Å². The molecule has 0 radical (unpaired) electrons. The van der Waals surface area contributed by atoms with Crippen molar-refractivity contribution in [1.29, 1.82) is 0 Å². The monoisotopic (exact) mass is 321 g/mol. The first-order chi connectivity index (χ1) is 11.7. The van der Waals surface area contributed by atoms with Gasteiger partial charge in [-0.15, -0.1) is 0 Å². The zero-order valence-electron chi connectivity index (χ0n) is 14.8. The van der Waals surface area contributed by atoms with Gasteiger partial charge >= 0.3 is 0 Å². The zero-order chi connectivity index (χ0) is 18.5. The maximum absolute atomic E-state index is 9.02. The fourth-order valence-corrected chi connectivity index (χ4v) is 2.69. The molecule has 3 rings (SSSR count). The number of fused-ring (bicyclic) bond motifs is 1. The first-order valence-electron chi connectivity index (χ1n) is 8.27. The van der Waals surface area contributed by atoms with Crippen LogP contribution in [0.2, 0.25) is 10.0 Å². The summed E-state index contributed by atoms with van der Waals surface area (Å²) >= 11 is 12.0. The Morgan fingerprint density at radius 3 is 2.67 bits per heavy atom. The fourth-order valence-electron chi connectivity index (χ4n) is 2.39. The summed E-state index contributed by atoms with van der Waals surface area (Å²) in [5, 5.41) is 4.05. The Balaban J connectivity index is 2.32. The molecule has 0 fully saturated rings.